The number of aromatic amines is 1. The van der Waals surface area contributed by atoms with Crippen LogP contribution in [0.5, 0.6) is 11.5 Å². The lowest BCUT2D eigenvalue weighted by Gasteiger charge is -2.07. The minimum atomic E-state index is -0.289. The highest BCUT2D eigenvalue weighted by Crippen LogP contribution is 2.31. The third-order valence-corrected chi connectivity index (χ3v) is 4.57. The minimum Gasteiger partial charge on any atom is -0.493 e. The summed E-state index contributed by atoms with van der Waals surface area (Å²) in [5.41, 5.74) is 1.95. The molecule has 0 unspecified atom stereocenters. The maximum Gasteiger partial charge on any atom is 0.268 e. The van der Waals surface area contributed by atoms with E-state index in [1.54, 1.807) is 50.6 Å². The van der Waals surface area contributed by atoms with E-state index in [1.165, 1.54) is 0 Å². The normalized spacial score (nSPS) is 10.9. The third kappa shape index (κ3) is 3.88. The molecule has 0 aliphatic rings. The number of methoxy groups -OCH3 is 2. The highest BCUT2D eigenvalue weighted by atomic mass is 35.5. The summed E-state index contributed by atoms with van der Waals surface area (Å²) < 4.78 is 15.7. The number of benzene rings is 2. The Bertz CT molecular complexity index is 1180. The van der Waals surface area contributed by atoms with Crippen molar-refractivity contribution >= 4 is 28.4 Å². The van der Waals surface area contributed by atoms with Gasteiger partial charge in [-0.3, -0.25) is 4.79 Å². The fourth-order valence-electron chi connectivity index (χ4n) is 2.90. The van der Waals surface area contributed by atoms with Gasteiger partial charge in [-0.15, -0.1) is 0 Å². The predicted molar refractivity (Wildman–Crippen MR) is 107 cm³/mol. The first-order valence-electron chi connectivity index (χ1n) is 8.69. The van der Waals surface area contributed by atoms with E-state index >= 15 is 0 Å². The summed E-state index contributed by atoms with van der Waals surface area (Å²) in [7, 11) is 3.12. The number of nitrogens with one attached hydrogen (secondary N) is 2. The molecule has 1 amide bonds. The van der Waals surface area contributed by atoms with Crippen molar-refractivity contribution in [2.75, 3.05) is 14.2 Å². The number of aromatic nitrogens is 3. The van der Waals surface area contributed by atoms with Gasteiger partial charge in [0, 0.05) is 21.5 Å². The second-order valence-electron chi connectivity index (χ2n) is 6.18. The number of hydrogen-bond donors (Lipinski definition) is 2. The monoisotopic (exact) mass is 412 g/mol. The molecule has 2 aromatic carbocycles. The summed E-state index contributed by atoms with van der Waals surface area (Å²) in [6.07, 6.45) is 0. The molecule has 0 saturated carbocycles. The van der Waals surface area contributed by atoms with Gasteiger partial charge < -0.3 is 24.3 Å². The highest BCUT2D eigenvalue weighted by molar-refractivity contribution is 6.31. The lowest BCUT2D eigenvalue weighted by atomic mass is 10.2. The summed E-state index contributed by atoms with van der Waals surface area (Å²) in [5.74, 6) is 1.54. The Hall–Kier alpha value is -3.52. The number of fused-ring (bicyclic) bond motifs is 1. The zero-order chi connectivity index (χ0) is 20.4. The number of amides is 1. The van der Waals surface area contributed by atoms with Gasteiger partial charge in [0.15, 0.2) is 11.5 Å². The number of ether oxygens (including phenoxy) is 2. The van der Waals surface area contributed by atoms with E-state index in [1.807, 2.05) is 6.07 Å². The zero-order valence-electron chi connectivity index (χ0n) is 15.7. The number of H-pyrrole nitrogens is 1. The van der Waals surface area contributed by atoms with Crippen LogP contribution in [0.1, 0.15) is 16.4 Å². The van der Waals surface area contributed by atoms with E-state index in [2.05, 4.69) is 20.4 Å². The molecule has 148 valence electrons. The number of halogens is 1. The minimum absolute atomic E-state index is 0.0925. The van der Waals surface area contributed by atoms with Crippen LogP contribution in [0.25, 0.3) is 22.3 Å². The predicted octanol–water partition coefficient (Wildman–Crippen LogP) is 3.82. The molecule has 4 rings (SSSR count). The zero-order valence-corrected chi connectivity index (χ0v) is 16.4. The SMILES string of the molecule is COc1ccc(-c2noc(CNC(=O)c3cc4cc(Cl)ccc4[nH]3)n2)cc1OC. The number of carbonyl (C=O) groups is 1. The van der Waals surface area contributed by atoms with Crippen LogP contribution in [0.4, 0.5) is 0 Å². The third-order valence-electron chi connectivity index (χ3n) is 4.34. The highest BCUT2D eigenvalue weighted by Gasteiger charge is 2.14. The molecule has 0 atom stereocenters. The van der Waals surface area contributed by atoms with Crippen molar-refractivity contribution < 1.29 is 18.8 Å². The topological polar surface area (TPSA) is 102 Å². The molecule has 9 heteroatoms. The molecule has 0 saturated heterocycles. The fourth-order valence-corrected chi connectivity index (χ4v) is 3.08. The van der Waals surface area contributed by atoms with Gasteiger partial charge in [0.2, 0.25) is 11.7 Å². The average molecular weight is 413 g/mol. The van der Waals surface area contributed by atoms with Crippen LogP contribution >= 0.6 is 11.6 Å². The molecule has 0 aliphatic heterocycles. The molecule has 0 spiro atoms. The summed E-state index contributed by atoms with van der Waals surface area (Å²) in [6.45, 7) is 0.0925. The molecule has 0 aliphatic carbocycles. The standard InChI is InChI=1S/C20H17ClN4O4/c1-27-16-6-3-11(9-17(16)28-2)19-24-18(29-25-19)10-22-20(26)15-8-12-7-13(21)4-5-14(12)23-15/h3-9,23H,10H2,1-2H3,(H,22,26). The Morgan fingerprint density at radius 3 is 2.76 bits per heavy atom. The maximum absolute atomic E-state index is 12.4. The Labute approximate surface area is 170 Å². The van der Waals surface area contributed by atoms with Gasteiger partial charge in [0.25, 0.3) is 5.91 Å². The van der Waals surface area contributed by atoms with E-state index in [4.69, 9.17) is 25.6 Å². The van der Waals surface area contributed by atoms with Gasteiger partial charge in [0.1, 0.15) is 5.69 Å². The molecule has 4 aromatic rings. The lowest BCUT2D eigenvalue weighted by Crippen LogP contribution is -2.23. The molecule has 0 radical (unpaired) electrons. The van der Waals surface area contributed by atoms with Crippen molar-refractivity contribution in [1.82, 2.24) is 20.4 Å². The molecule has 8 nitrogen and oxygen atoms in total. The van der Waals surface area contributed by atoms with Crippen molar-refractivity contribution in [3.8, 4) is 22.9 Å². The van der Waals surface area contributed by atoms with Crippen molar-refractivity contribution in [2.24, 2.45) is 0 Å². The number of nitrogens with zero attached hydrogens (tertiary/aromatic N) is 2. The van der Waals surface area contributed by atoms with Crippen molar-refractivity contribution in [3.05, 3.63) is 59.1 Å². The number of hydrogen-bond acceptors (Lipinski definition) is 6. The molecular weight excluding hydrogens is 396 g/mol. The summed E-state index contributed by atoms with van der Waals surface area (Å²) in [6, 6.07) is 12.4. The Kier molecular flexibility index (Phi) is 5.09. The Morgan fingerprint density at radius 2 is 1.97 bits per heavy atom. The first-order valence-corrected chi connectivity index (χ1v) is 9.06. The van der Waals surface area contributed by atoms with Gasteiger partial charge in [-0.05, 0) is 42.5 Å². The summed E-state index contributed by atoms with van der Waals surface area (Å²) >= 11 is 5.98. The molecule has 0 bridgehead atoms. The largest absolute Gasteiger partial charge is 0.493 e. The van der Waals surface area contributed by atoms with Crippen molar-refractivity contribution in [2.45, 2.75) is 6.54 Å². The van der Waals surface area contributed by atoms with Gasteiger partial charge >= 0.3 is 0 Å². The van der Waals surface area contributed by atoms with Crippen molar-refractivity contribution in [1.29, 1.82) is 0 Å². The van der Waals surface area contributed by atoms with E-state index in [0.29, 0.717) is 33.6 Å². The molecule has 2 aromatic heterocycles. The van der Waals surface area contributed by atoms with Gasteiger partial charge in [0.05, 0.1) is 20.8 Å². The molecular formula is C20H17ClN4O4. The average Bonchev–Trinajstić information content (AvgIpc) is 3.38. The molecule has 29 heavy (non-hydrogen) atoms. The molecule has 2 heterocycles. The Balaban J connectivity index is 1.45. The smallest absolute Gasteiger partial charge is 0.268 e. The lowest BCUT2D eigenvalue weighted by molar-refractivity contribution is 0.0942. The maximum atomic E-state index is 12.4. The summed E-state index contributed by atoms with van der Waals surface area (Å²) in [4.78, 5) is 19.8. The number of carbonyl (C=O) groups excluding carboxylic acids is 1. The van der Waals surface area contributed by atoms with Gasteiger partial charge in [-0.1, -0.05) is 16.8 Å². The summed E-state index contributed by atoms with van der Waals surface area (Å²) in [5, 5.41) is 8.17. The van der Waals surface area contributed by atoms with E-state index in [0.717, 1.165) is 10.9 Å². The van der Waals surface area contributed by atoms with Crippen LogP contribution in [0, 0.1) is 0 Å². The van der Waals surface area contributed by atoms with E-state index in [-0.39, 0.29) is 18.3 Å². The quantitative estimate of drug-likeness (QED) is 0.499. The van der Waals surface area contributed by atoms with Gasteiger partial charge in [-0.2, -0.15) is 4.98 Å². The van der Waals surface area contributed by atoms with Crippen LogP contribution in [0.15, 0.2) is 47.0 Å². The first kappa shape index (κ1) is 18.8. The van der Waals surface area contributed by atoms with E-state index in [9.17, 15) is 4.79 Å². The van der Waals surface area contributed by atoms with Crippen LogP contribution in [-0.2, 0) is 6.54 Å². The molecule has 0 fully saturated rings. The van der Waals surface area contributed by atoms with Crippen molar-refractivity contribution in [3.63, 3.8) is 0 Å². The van der Waals surface area contributed by atoms with E-state index < -0.39 is 0 Å². The van der Waals surface area contributed by atoms with Gasteiger partial charge in [-0.25, -0.2) is 0 Å². The van der Waals surface area contributed by atoms with Crippen LogP contribution in [0.2, 0.25) is 5.02 Å². The molecule has 2 N–H and O–H groups in total. The number of rotatable bonds is 6. The van der Waals surface area contributed by atoms with Crippen LogP contribution in [0.3, 0.4) is 0 Å². The van der Waals surface area contributed by atoms with Crippen LogP contribution in [-0.4, -0.2) is 35.3 Å². The first-order chi connectivity index (χ1) is 14.1. The Morgan fingerprint density at radius 1 is 1.14 bits per heavy atom. The fraction of sp³-hybridized carbons (Fsp3) is 0.150. The second-order valence-corrected chi connectivity index (χ2v) is 6.62. The van der Waals surface area contributed by atoms with Crippen LogP contribution < -0.4 is 14.8 Å². The second kappa shape index (κ2) is 7.84.